The fourth-order valence-electron chi connectivity index (χ4n) is 1.67. The molecule has 1 N–H and O–H groups in total. The van der Waals surface area contributed by atoms with Gasteiger partial charge >= 0.3 is 5.97 Å². The van der Waals surface area contributed by atoms with Gasteiger partial charge in [0.15, 0.2) is 16.6 Å². The fraction of sp³-hybridized carbons (Fsp3) is 0.0769. The maximum absolute atomic E-state index is 11.3. The average molecular weight is 321 g/mol. The standard InChI is InChI=1S/C13H9ClN4O2S/c1-20-12(19)9-4-5-11(18-17-9)16-13-15-8-3-2-7(14)6-10(8)21-13/h2-6H,1H3,(H,15,16,18). The van der Waals surface area contributed by atoms with Crippen LogP contribution in [0, 0.1) is 0 Å². The summed E-state index contributed by atoms with van der Waals surface area (Å²) in [6, 6.07) is 8.67. The van der Waals surface area contributed by atoms with Crippen molar-refractivity contribution in [3.63, 3.8) is 0 Å². The molecule has 2 aromatic heterocycles. The van der Waals surface area contributed by atoms with Crippen molar-refractivity contribution >= 4 is 50.1 Å². The van der Waals surface area contributed by atoms with Crippen LogP contribution in [-0.4, -0.2) is 28.3 Å². The first-order valence-corrected chi connectivity index (χ1v) is 7.10. The molecule has 3 aromatic rings. The molecule has 0 saturated heterocycles. The SMILES string of the molecule is COC(=O)c1ccc(Nc2nc3ccc(Cl)cc3s2)nn1. The fourth-order valence-corrected chi connectivity index (χ4v) is 2.82. The Morgan fingerprint density at radius 2 is 2.14 bits per heavy atom. The first kappa shape index (κ1) is 13.7. The zero-order valence-electron chi connectivity index (χ0n) is 10.8. The Morgan fingerprint density at radius 1 is 1.29 bits per heavy atom. The number of halogens is 1. The van der Waals surface area contributed by atoms with E-state index in [4.69, 9.17) is 11.6 Å². The van der Waals surface area contributed by atoms with Gasteiger partial charge in [-0.15, -0.1) is 10.2 Å². The first-order chi connectivity index (χ1) is 10.2. The predicted molar refractivity (Wildman–Crippen MR) is 81.3 cm³/mol. The number of aromatic nitrogens is 3. The summed E-state index contributed by atoms with van der Waals surface area (Å²) < 4.78 is 5.54. The zero-order chi connectivity index (χ0) is 14.8. The number of carbonyl (C=O) groups excluding carboxylic acids is 1. The molecular weight excluding hydrogens is 312 g/mol. The normalized spacial score (nSPS) is 10.6. The molecule has 1 aromatic carbocycles. The van der Waals surface area contributed by atoms with Gasteiger partial charge in [0.05, 0.1) is 17.3 Å². The molecular formula is C13H9ClN4O2S. The molecule has 0 aliphatic carbocycles. The predicted octanol–water partition coefficient (Wildman–Crippen LogP) is 3.27. The molecule has 0 amide bonds. The number of methoxy groups -OCH3 is 1. The summed E-state index contributed by atoms with van der Waals surface area (Å²) in [5, 5.41) is 12.1. The van der Waals surface area contributed by atoms with E-state index in [1.165, 1.54) is 24.5 Å². The van der Waals surface area contributed by atoms with Crippen molar-refractivity contribution in [1.29, 1.82) is 0 Å². The van der Waals surface area contributed by atoms with Gasteiger partial charge in [0.2, 0.25) is 0 Å². The number of carbonyl (C=O) groups is 1. The number of thiazole rings is 1. The van der Waals surface area contributed by atoms with Crippen LogP contribution < -0.4 is 5.32 Å². The molecule has 106 valence electrons. The van der Waals surface area contributed by atoms with Crippen LogP contribution in [0.2, 0.25) is 5.02 Å². The molecule has 0 aliphatic heterocycles. The maximum Gasteiger partial charge on any atom is 0.358 e. The van der Waals surface area contributed by atoms with Crippen LogP contribution in [-0.2, 0) is 4.74 Å². The van der Waals surface area contributed by atoms with Gasteiger partial charge in [-0.2, -0.15) is 0 Å². The van der Waals surface area contributed by atoms with Crippen LogP contribution in [0.3, 0.4) is 0 Å². The van der Waals surface area contributed by atoms with Crippen LogP contribution in [0.5, 0.6) is 0 Å². The number of ether oxygens (including phenoxy) is 1. The highest BCUT2D eigenvalue weighted by atomic mass is 35.5. The number of esters is 1. The second-order valence-corrected chi connectivity index (χ2v) is 5.52. The highest BCUT2D eigenvalue weighted by Crippen LogP contribution is 2.29. The maximum atomic E-state index is 11.3. The van der Waals surface area contributed by atoms with E-state index in [9.17, 15) is 4.79 Å². The number of nitrogens with one attached hydrogen (secondary N) is 1. The largest absolute Gasteiger partial charge is 0.464 e. The topological polar surface area (TPSA) is 77.0 Å². The Morgan fingerprint density at radius 3 is 2.86 bits per heavy atom. The van der Waals surface area contributed by atoms with Crippen LogP contribution in [0.4, 0.5) is 10.9 Å². The highest BCUT2D eigenvalue weighted by Gasteiger charge is 2.09. The third kappa shape index (κ3) is 2.93. The van der Waals surface area contributed by atoms with E-state index in [1.807, 2.05) is 12.1 Å². The Labute approximate surface area is 128 Å². The van der Waals surface area contributed by atoms with Crippen molar-refractivity contribution in [3.05, 3.63) is 41.0 Å². The quantitative estimate of drug-likeness (QED) is 0.746. The van der Waals surface area contributed by atoms with Gasteiger partial charge < -0.3 is 10.1 Å². The molecule has 0 atom stereocenters. The molecule has 0 saturated carbocycles. The molecule has 0 unspecified atom stereocenters. The van der Waals surface area contributed by atoms with E-state index in [1.54, 1.807) is 12.1 Å². The summed E-state index contributed by atoms with van der Waals surface area (Å²) in [5.41, 5.74) is 1.00. The van der Waals surface area contributed by atoms with E-state index < -0.39 is 5.97 Å². The van der Waals surface area contributed by atoms with Gasteiger partial charge in [0.25, 0.3) is 0 Å². The minimum absolute atomic E-state index is 0.152. The number of nitrogens with zero attached hydrogens (tertiary/aromatic N) is 3. The van der Waals surface area contributed by atoms with Gasteiger partial charge in [0, 0.05) is 5.02 Å². The summed E-state index contributed by atoms with van der Waals surface area (Å²) in [7, 11) is 1.29. The lowest BCUT2D eigenvalue weighted by molar-refractivity contribution is 0.0593. The van der Waals surface area contributed by atoms with E-state index in [0.29, 0.717) is 16.0 Å². The molecule has 3 rings (SSSR count). The summed E-state index contributed by atoms with van der Waals surface area (Å²) >= 11 is 7.40. The van der Waals surface area contributed by atoms with Gasteiger partial charge in [-0.3, -0.25) is 0 Å². The van der Waals surface area contributed by atoms with E-state index >= 15 is 0 Å². The van der Waals surface area contributed by atoms with Crippen molar-refractivity contribution < 1.29 is 9.53 Å². The number of benzene rings is 1. The highest BCUT2D eigenvalue weighted by molar-refractivity contribution is 7.22. The number of hydrogen-bond donors (Lipinski definition) is 1. The summed E-state index contributed by atoms with van der Waals surface area (Å²) in [6.45, 7) is 0. The zero-order valence-corrected chi connectivity index (χ0v) is 12.4. The van der Waals surface area contributed by atoms with Crippen molar-refractivity contribution in [3.8, 4) is 0 Å². The van der Waals surface area contributed by atoms with Gasteiger partial charge in [-0.05, 0) is 30.3 Å². The number of rotatable bonds is 3. The summed E-state index contributed by atoms with van der Waals surface area (Å²) in [6.07, 6.45) is 0. The van der Waals surface area contributed by atoms with Crippen LogP contribution in [0.25, 0.3) is 10.2 Å². The Balaban J connectivity index is 1.83. The number of hydrogen-bond acceptors (Lipinski definition) is 7. The van der Waals surface area contributed by atoms with Crippen molar-refractivity contribution in [1.82, 2.24) is 15.2 Å². The molecule has 2 heterocycles. The minimum Gasteiger partial charge on any atom is -0.464 e. The number of fused-ring (bicyclic) bond motifs is 1. The average Bonchev–Trinajstić information content (AvgIpc) is 2.88. The minimum atomic E-state index is -0.524. The van der Waals surface area contributed by atoms with Crippen LogP contribution in [0.15, 0.2) is 30.3 Å². The van der Waals surface area contributed by atoms with Crippen molar-refractivity contribution in [2.45, 2.75) is 0 Å². The van der Waals surface area contributed by atoms with Crippen LogP contribution in [0.1, 0.15) is 10.5 Å². The Hall–Kier alpha value is -2.25. The molecule has 8 heteroatoms. The van der Waals surface area contributed by atoms with E-state index in [2.05, 4.69) is 25.2 Å². The molecule has 0 radical (unpaired) electrons. The van der Waals surface area contributed by atoms with Crippen molar-refractivity contribution in [2.75, 3.05) is 12.4 Å². The molecule has 0 fully saturated rings. The Kier molecular flexibility index (Phi) is 3.68. The van der Waals surface area contributed by atoms with Crippen LogP contribution >= 0.6 is 22.9 Å². The van der Waals surface area contributed by atoms with Crippen molar-refractivity contribution in [2.24, 2.45) is 0 Å². The summed E-state index contributed by atoms with van der Waals surface area (Å²) in [4.78, 5) is 15.7. The second kappa shape index (κ2) is 5.63. The Bertz CT molecular complexity index is 804. The lowest BCUT2D eigenvalue weighted by Gasteiger charge is -2.01. The molecule has 0 bridgehead atoms. The smallest absolute Gasteiger partial charge is 0.358 e. The van der Waals surface area contributed by atoms with E-state index in [0.717, 1.165) is 10.2 Å². The third-order valence-electron chi connectivity index (χ3n) is 2.64. The van der Waals surface area contributed by atoms with Gasteiger partial charge in [-0.25, -0.2) is 9.78 Å². The third-order valence-corrected chi connectivity index (χ3v) is 3.81. The molecule has 21 heavy (non-hydrogen) atoms. The second-order valence-electron chi connectivity index (χ2n) is 4.05. The molecule has 0 spiro atoms. The molecule has 6 nitrogen and oxygen atoms in total. The van der Waals surface area contributed by atoms with Gasteiger partial charge in [-0.1, -0.05) is 22.9 Å². The monoisotopic (exact) mass is 320 g/mol. The lowest BCUT2D eigenvalue weighted by atomic mass is 10.3. The number of anilines is 2. The van der Waals surface area contributed by atoms with E-state index in [-0.39, 0.29) is 5.69 Å². The first-order valence-electron chi connectivity index (χ1n) is 5.91. The molecule has 0 aliphatic rings. The lowest BCUT2D eigenvalue weighted by Crippen LogP contribution is -2.06. The summed E-state index contributed by atoms with van der Waals surface area (Å²) in [5.74, 6) is -0.0310. The van der Waals surface area contributed by atoms with Gasteiger partial charge in [0.1, 0.15) is 0 Å².